The van der Waals surface area contributed by atoms with E-state index in [0.717, 1.165) is 48.5 Å². The number of rotatable bonds is 6. The summed E-state index contributed by atoms with van der Waals surface area (Å²) in [4.78, 5) is 37.5. The minimum atomic E-state index is -0.423. The van der Waals surface area contributed by atoms with E-state index < -0.39 is 11.1 Å². The van der Waals surface area contributed by atoms with E-state index >= 15 is 0 Å². The topological polar surface area (TPSA) is 100 Å². The Hall–Kier alpha value is -2.61. The molecule has 1 amide bonds. The third-order valence-corrected chi connectivity index (χ3v) is 4.39. The van der Waals surface area contributed by atoms with Gasteiger partial charge in [0.1, 0.15) is 12.3 Å². The van der Waals surface area contributed by atoms with Crippen LogP contribution in [0.3, 0.4) is 0 Å². The van der Waals surface area contributed by atoms with Crippen molar-refractivity contribution in [1.82, 2.24) is 20.0 Å². The second kappa shape index (κ2) is 7.98. The van der Waals surface area contributed by atoms with Crippen LogP contribution in [0.1, 0.15) is 31.1 Å². The molecule has 0 spiro atoms. The first kappa shape index (κ1) is 17.2. The van der Waals surface area contributed by atoms with Crippen molar-refractivity contribution in [2.75, 3.05) is 19.6 Å². The Kier molecular flexibility index (Phi) is 5.49. The molecule has 1 aliphatic heterocycles. The lowest BCUT2D eigenvalue weighted by molar-refractivity contribution is -0.122. The predicted octanol–water partition coefficient (Wildman–Crippen LogP) is 0.473. The van der Waals surface area contributed by atoms with Crippen LogP contribution in [-0.2, 0) is 11.3 Å². The lowest BCUT2D eigenvalue weighted by atomic mass is 10.1. The summed E-state index contributed by atoms with van der Waals surface area (Å²) in [5, 5.41) is 5.19. The van der Waals surface area contributed by atoms with Crippen LogP contribution in [0, 0.1) is 0 Å². The van der Waals surface area contributed by atoms with Crippen molar-refractivity contribution in [2.24, 2.45) is 0 Å². The van der Waals surface area contributed by atoms with Gasteiger partial charge in [-0.3, -0.25) is 24.4 Å². The number of likely N-dealkylation sites (tertiary alicyclic amines) is 1. The molecule has 1 atom stereocenters. The molecule has 0 aromatic carbocycles. The number of aromatic amines is 1. The van der Waals surface area contributed by atoms with Crippen molar-refractivity contribution in [3.63, 3.8) is 0 Å². The fraction of sp³-hybridized carbons (Fsp3) is 0.471. The molecule has 2 aromatic rings. The van der Waals surface area contributed by atoms with Gasteiger partial charge in [0.2, 0.25) is 5.91 Å². The van der Waals surface area contributed by atoms with Gasteiger partial charge in [0.25, 0.3) is 11.1 Å². The van der Waals surface area contributed by atoms with Gasteiger partial charge in [0.15, 0.2) is 0 Å². The normalized spacial score (nSPS) is 16.5. The number of carbonyl (C=O) groups excluding carboxylic acids is 1. The second-order valence-electron chi connectivity index (χ2n) is 6.17. The zero-order chi connectivity index (χ0) is 17.6. The molecule has 8 nitrogen and oxygen atoms in total. The van der Waals surface area contributed by atoms with Crippen LogP contribution < -0.4 is 16.4 Å². The maximum Gasteiger partial charge on any atom is 0.265 e. The number of nitrogens with one attached hydrogen (secondary N) is 2. The van der Waals surface area contributed by atoms with Gasteiger partial charge in [-0.25, -0.2) is 4.68 Å². The third kappa shape index (κ3) is 4.48. The highest BCUT2D eigenvalue weighted by Gasteiger charge is 2.24. The Morgan fingerprint density at radius 3 is 2.72 bits per heavy atom. The Morgan fingerprint density at radius 2 is 2.00 bits per heavy atom. The SMILES string of the molecule is O=C(Cn1[nH]c(=O)ccc1=O)NC[C@H](c1ccco1)N1CCCCC1. The summed E-state index contributed by atoms with van der Waals surface area (Å²) in [5.74, 6) is 0.477. The molecule has 1 saturated heterocycles. The van der Waals surface area contributed by atoms with Gasteiger partial charge < -0.3 is 9.73 Å². The first-order valence-corrected chi connectivity index (χ1v) is 8.48. The molecule has 0 radical (unpaired) electrons. The number of amides is 1. The number of aromatic nitrogens is 2. The average molecular weight is 346 g/mol. The highest BCUT2D eigenvalue weighted by molar-refractivity contribution is 5.75. The number of hydrogen-bond donors (Lipinski definition) is 2. The van der Waals surface area contributed by atoms with Crippen LogP contribution in [-0.4, -0.2) is 40.2 Å². The van der Waals surface area contributed by atoms with E-state index in [2.05, 4.69) is 15.3 Å². The molecule has 0 unspecified atom stereocenters. The molecule has 25 heavy (non-hydrogen) atoms. The summed E-state index contributed by atoms with van der Waals surface area (Å²) < 4.78 is 6.54. The summed E-state index contributed by atoms with van der Waals surface area (Å²) in [6.45, 7) is 2.09. The van der Waals surface area contributed by atoms with Crippen molar-refractivity contribution in [1.29, 1.82) is 0 Å². The molecule has 3 heterocycles. The van der Waals surface area contributed by atoms with Crippen molar-refractivity contribution < 1.29 is 9.21 Å². The Balaban J connectivity index is 1.64. The molecule has 134 valence electrons. The summed E-state index contributed by atoms with van der Waals surface area (Å²) in [6, 6.07) is 5.99. The molecular weight excluding hydrogens is 324 g/mol. The van der Waals surface area contributed by atoms with E-state index in [-0.39, 0.29) is 18.5 Å². The Bertz CT molecular complexity index is 803. The zero-order valence-corrected chi connectivity index (χ0v) is 13.9. The van der Waals surface area contributed by atoms with Crippen molar-refractivity contribution in [3.05, 3.63) is 57.0 Å². The molecular formula is C17H22N4O4. The Labute approximate surface area is 144 Å². The van der Waals surface area contributed by atoms with Gasteiger partial charge >= 0.3 is 0 Å². The van der Waals surface area contributed by atoms with Gasteiger partial charge in [0, 0.05) is 18.7 Å². The third-order valence-electron chi connectivity index (χ3n) is 4.39. The fourth-order valence-electron chi connectivity index (χ4n) is 3.11. The smallest absolute Gasteiger partial charge is 0.265 e. The molecule has 0 aliphatic carbocycles. The largest absolute Gasteiger partial charge is 0.468 e. The van der Waals surface area contributed by atoms with E-state index in [4.69, 9.17) is 4.42 Å². The summed E-state index contributed by atoms with van der Waals surface area (Å²) in [5.41, 5.74) is -0.845. The van der Waals surface area contributed by atoms with E-state index in [1.807, 2.05) is 12.1 Å². The number of hydrogen-bond acceptors (Lipinski definition) is 5. The van der Waals surface area contributed by atoms with Gasteiger partial charge in [0.05, 0.1) is 12.3 Å². The summed E-state index contributed by atoms with van der Waals surface area (Å²) in [6.07, 6.45) is 5.11. The van der Waals surface area contributed by atoms with E-state index in [9.17, 15) is 14.4 Å². The number of furan rings is 1. The molecule has 8 heteroatoms. The van der Waals surface area contributed by atoms with E-state index in [0.29, 0.717) is 6.54 Å². The summed E-state index contributed by atoms with van der Waals surface area (Å²) >= 11 is 0. The molecule has 0 saturated carbocycles. The average Bonchev–Trinajstić information content (AvgIpc) is 3.14. The van der Waals surface area contributed by atoms with Crippen LogP contribution in [0.5, 0.6) is 0 Å². The lowest BCUT2D eigenvalue weighted by Gasteiger charge is -2.33. The van der Waals surface area contributed by atoms with Gasteiger partial charge in [-0.2, -0.15) is 0 Å². The molecule has 1 aliphatic rings. The number of piperidine rings is 1. The van der Waals surface area contributed by atoms with Gasteiger partial charge in [-0.15, -0.1) is 0 Å². The van der Waals surface area contributed by atoms with Gasteiger partial charge in [-0.1, -0.05) is 6.42 Å². The molecule has 0 bridgehead atoms. The summed E-state index contributed by atoms with van der Waals surface area (Å²) in [7, 11) is 0. The highest BCUT2D eigenvalue weighted by Crippen LogP contribution is 2.24. The zero-order valence-electron chi connectivity index (χ0n) is 13.9. The maximum atomic E-state index is 12.2. The standard InChI is InChI=1S/C17H22N4O4/c22-15-6-7-17(24)21(19-15)12-16(23)18-11-13(14-5-4-10-25-14)20-8-2-1-3-9-20/h4-7,10,13H,1-3,8-9,11-12H2,(H,18,23)(H,19,22)/t13-/m1/s1. The maximum absolute atomic E-state index is 12.2. The van der Waals surface area contributed by atoms with Crippen molar-refractivity contribution >= 4 is 5.91 Å². The van der Waals surface area contributed by atoms with E-state index in [1.54, 1.807) is 6.26 Å². The van der Waals surface area contributed by atoms with Crippen molar-refractivity contribution in [3.8, 4) is 0 Å². The monoisotopic (exact) mass is 346 g/mol. The second-order valence-corrected chi connectivity index (χ2v) is 6.17. The first-order valence-electron chi connectivity index (χ1n) is 8.48. The number of carbonyl (C=O) groups is 1. The quantitative estimate of drug-likeness (QED) is 0.792. The molecule has 1 fully saturated rings. The first-order chi connectivity index (χ1) is 12.1. The molecule has 2 aromatic heterocycles. The Morgan fingerprint density at radius 1 is 1.20 bits per heavy atom. The van der Waals surface area contributed by atoms with Crippen LogP contribution >= 0.6 is 0 Å². The van der Waals surface area contributed by atoms with E-state index in [1.165, 1.54) is 6.42 Å². The number of nitrogens with zero attached hydrogens (tertiary/aromatic N) is 2. The molecule has 3 rings (SSSR count). The lowest BCUT2D eigenvalue weighted by Crippen LogP contribution is -2.42. The van der Waals surface area contributed by atoms with Crippen LogP contribution in [0.15, 0.2) is 44.5 Å². The van der Waals surface area contributed by atoms with Crippen LogP contribution in [0.4, 0.5) is 0 Å². The number of H-pyrrole nitrogens is 1. The molecule has 2 N–H and O–H groups in total. The van der Waals surface area contributed by atoms with Crippen LogP contribution in [0.25, 0.3) is 0 Å². The van der Waals surface area contributed by atoms with Crippen LogP contribution in [0.2, 0.25) is 0 Å². The fourth-order valence-corrected chi connectivity index (χ4v) is 3.11. The van der Waals surface area contributed by atoms with Gasteiger partial charge in [-0.05, 0) is 38.1 Å². The highest BCUT2D eigenvalue weighted by atomic mass is 16.3. The minimum absolute atomic E-state index is 0.0363. The predicted molar refractivity (Wildman–Crippen MR) is 91.2 cm³/mol. The van der Waals surface area contributed by atoms with Crippen molar-refractivity contribution in [2.45, 2.75) is 31.8 Å². The minimum Gasteiger partial charge on any atom is -0.468 e.